The van der Waals surface area contributed by atoms with E-state index in [9.17, 15) is 14.7 Å². The van der Waals surface area contributed by atoms with Crippen molar-refractivity contribution < 1.29 is 19.4 Å². The molecule has 0 aromatic heterocycles. The molecule has 1 rings (SSSR count). The monoisotopic (exact) mass is 282 g/mol. The van der Waals surface area contributed by atoms with Gasteiger partial charge >= 0.3 is 5.97 Å². The van der Waals surface area contributed by atoms with Crippen LogP contribution in [0.2, 0.25) is 0 Å². The first-order valence-corrected chi connectivity index (χ1v) is 7.48. The standard InChI is InChI=1S/C16H26O4/c1-5-7-8-9-16(19)12(4)11(3)15(18)13(16)10-14(17)20-6-2/h13,19H,5-10H2,1-4H3/t13-,16-/m1/s1. The highest BCUT2D eigenvalue weighted by atomic mass is 16.5. The maximum atomic E-state index is 12.3. The number of allylic oxidation sites excluding steroid dienone is 1. The summed E-state index contributed by atoms with van der Waals surface area (Å²) in [5.74, 6) is -1.21. The van der Waals surface area contributed by atoms with Crippen LogP contribution in [0, 0.1) is 5.92 Å². The van der Waals surface area contributed by atoms with Crippen molar-refractivity contribution in [1.82, 2.24) is 0 Å². The summed E-state index contributed by atoms with van der Waals surface area (Å²) in [6, 6.07) is 0. The van der Waals surface area contributed by atoms with Crippen LogP contribution in [0.5, 0.6) is 0 Å². The molecule has 114 valence electrons. The maximum absolute atomic E-state index is 12.3. The zero-order chi connectivity index (χ0) is 15.3. The normalized spacial score (nSPS) is 26.2. The zero-order valence-electron chi connectivity index (χ0n) is 13.0. The lowest BCUT2D eigenvalue weighted by atomic mass is 9.80. The highest BCUT2D eigenvalue weighted by Crippen LogP contribution is 2.43. The molecule has 1 aliphatic carbocycles. The predicted molar refractivity (Wildman–Crippen MR) is 77.2 cm³/mol. The van der Waals surface area contributed by atoms with Crippen molar-refractivity contribution in [2.45, 2.75) is 65.4 Å². The van der Waals surface area contributed by atoms with Crippen LogP contribution in [0.1, 0.15) is 59.8 Å². The van der Waals surface area contributed by atoms with Crippen molar-refractivity contribution in [3.8, 4) is 0 Å². The molecule has 0 spiro atoms. The Balaban J connectivity index is 2.89. The number of hydrogen-bond acceptors (Lipinski definition) is 4. The van der Waals surface area contributed by atoms with Gasteiger partial charge in [-0.3, -0.25) is 9.59 Å². The molecule has 0 fully saturated rings. The molecule has 0 amide bonds. The molecule has 0 aromatic carbocycles. The van der Waals surface area contributed by atoms with Crippen LogP contribution < -0.4 is 0 Å². The lowest BCUT2D eigenvalue weighted by molar-refractivity contribution is -0.148. The molecule has 2 atom stereocenters. The number of carbonyl (C=O) groups is 2. The van der Waals surface area contributed by atoms with Gasteiger partial charge in [-0.1, -0.05) is 26.2 Å². The molecule has 0 unspecified atom stereocenters. The van der Waals surface area contributed by atoms with Crippen LogP contribution in [0.25, 0.3) is 0 Å². The lowest BCUT2D eigenvalue weighted by Gasteiger charge is -2.31. The third-order valence-electron chi connectivity index (χ3n) is 4.31. The van der Waals surface area contributed by atoms with Crippen molar-refractivity contribution in [3.05, 3.63) is 11.1 Å². The summed E-state index contributed by atoms with van der Waals surface area (Å²) < 4.78 is 4.92. The van der Waals surface area contributed by atoms with Gasteiger partial charge in [0.1, 0.15) is 0 Å². The Morgan fingerprint density at radius 3 is 2.50 bits per heavy atom. The van der Waals surface area contributed by atoms with E-state index in [-0.39, 0.29) is 12.2 Å². The maximum Gasteiger partial charge on any atom is 0.306 e. The lowest BCUT2D eigenvalue weighted by Crippen LogP contribution is -2.40. The molecule has 1 aliphatic rings. The fourth-order valence-corrected chi connectivity index (χ4v) is 2.90. The third kappa shape index (κ3) is 3.29. The van der Waals surface area contributed by atoms with Gasteiger partial charge in [0.25, 0.3) is 0 Å². The van der Waals surface area contributed by atoms with Crippen LogP contribution in [-0.4, -0.2) is 29.1 Å². The molecule has 0 heterocycles. The Morgan fingerprint density at radius 1 is 1.30 bits per heavy atom. The van der Waals surface area contributed by atoms with Crippen LogP contribution in [0.4, 0.5) is 0 Å². The highest BCUT2D eigenvalue weighted by Gasteiger charge is 2.49. The highest BCUT2D eigenvalue weighted by molar-refractivity contribution is 6.03. The Kier molecular flexibility index (Phi) is 5.93. The van der Waals surface area contributed by atoms with E-state index in [2.05, 4.69) is 6.92 Å². The fraction of sp³-hybridized carbons (Fsp3) is 0.750. The summed E-state index contributed by atoms with van der Waals surface area (Å²) in [7, 11) is 0. The van der Waals surface area contributed by atoms with Crippen molar-refractivity contribution in [1.29, 1.82) is 0 Å². The van der Waals surface area contributed by atoms with Gasteiger partial charge < -0.3 is 9.84 Å². The quantitative estimate of drug-likeness (QED) is 0.576. The average molecular weight is 282 g/mol. The number of esters is 1. The Hall–Kier alpha value is -1.16. The summed E-state index contributed by atoms with van der Waals surface area (Å²) in [6.07, 6.45) is 3.40. The third-order valence-corrected chi connectivity index (χ3v) is 4.31. The second-order valence-corrected chi connectivity index (χ2v) is 5.56. The van der Waals surface area contributed by atoms with E-state index in [0.717, 1.165) is 19.3 Å². The van der Waals surface area contributed by atoms with Gasteiger partial charge in [-0.25, -0.2) is 0 Å². The van der Waals surface area contributed by atoms with Crippen molar-refractivity contribution in [3.63, 3.8) is 0 Å². The molecule has 0 aliphatic heterocycles. The number of rotatable bonds is 7. The van der Waals surface area contributed by atoms with E-state index < -0.39 is 17.5 Å². The molecule has 0 radical (unpaired) electrons. The minimum Gasteiger partial charge on any atom is -0.466 e. The van der Waals surface area contributed by atoms with Crippen LogP contribution >= 0.6 is 0 Å². The smallest absolute Gasteiger partial charge is 0.306 e. The van der Waals surface area contributed by atoms with E-state index in [0.29, 0.717) is 24.2 Å². The number of aliphatic hydroxyl groups is 1. The summed E-state index contributed by atoms with van der Waals surface area (Å²) in [4.78, 5) is 23.9. The van der Waals surface area contributed by atoms with E-state index in [1.807, 2.05) is 0 Å². The molecule has 0 saturated heterocycles. The minimum absolute atomic E-state index is 0.0377. The largest absolute Gasteiger partial charge is 0.466 e. The van der Waals surface area contributed by atoms with Gasteiger partial charge in [0.05, 0.1) is 24.5 Å². The van der Waals surface area contributed by atoms with Gasteiger partial charge in [0.15, 0.2) is 5.78 Å². The van der Waals surface area contributed by atoms with Gasteiger partial charge in [-0.15, -0.1) is 0 Å². The number of Topliss-reactive ketones (excluding diaryl/α,β-unsaturated/α-hetero) is 1. The molecule has 0 saturated carbocycles. The number of hydrogen-bond donors (Lipinski definition) is 1. The van der Waals surface area contributed by atoms with Gasteiger partial charge in [-0.05, 0) is 38.3 Å². The van der Waals surface area contributed by atoms with Crippen LogP contribution in [0.15, 0.2) is 11.1 Å². The van der Waals surface area contributed by atoms with Crippen LogP contribution in [0.3, 0.4) is 0 Å². The van der Waals surface area contributed by atoms with Crippen molar-refractivity contribution >= 4 is 11.8 Å². The Morgan fingerprint density at radius 2 is 1.95 bits per heavy atom. The van der Waals surface area contributed by atoms with Gasteiger partial charge in [-0.2, -0.15) is 0 Å². The molecule has 0 aromatic rings. The van der Waals surface area contributed by atoms with E-state index >= 15 is 0 Å². The molecule has 20 heavy (non-hydrogen) atoms. The minimum atomic E-state index is -1.18. The van der Waals surface area contributed by atoms with Gasteiger partial charge in [0.2, 0.25) is 0 Å². The number of ketones is 1. The first-order chi connectivity index (χ1) is 9.38. The van der Waals surface area contributed by atoms with E-state index in [1.54, 1.807) is 20.8 Å². The molecular weight excluding hydrogens is 256 g/mol. The number of ether oxygens (including phenoxy) is 1. The zero-order valence-corrected chi connectivity index (χ0v) is 13.0. The Labute approximate surface area is 121 Å². The first-order valence-electron chi connectivity index (χ1n) is 7.48. The predicted octanol–water partition coefficient (Wildman–Crippen LogP) is 2.79. The summed E-state index contributed by atoms with van der Waals surface area (Å²) in [6.45, 7) is 7.64. The molecule has 0 bridgehead atoms. The number of unbranched alkanes of at least 4 members (excludes halogenated alkanes) is 2. The molecule has 4 nitrogen and oxygen atoms in total. The summed E-state index contributed by atoms with van der Waals surface area (Å²) in [5, 5.41) is 10.9. The average Bonchev–Trinajstić information content (AvgIpc) is 2.56. The number of carbonyl (C=O) groups excluding carboxylic acids is 2. The fourth-order valence-electron chi connectivity index (χ4n) is 2.90. The second kappa shape index (κ2) is 7.02. The topological polar surface area (TPSA) is 63.6 Å². The van der Waals surface area contributed by atoms with Crippen LogP contribution in [-0.2, 0) is 14.3 Å². The summed E-state index contributed by atoms with van der Waals surface area (Å²) in [5.41, 5.74) is 0.134. The van der Waals surface area contributed by atoms with Crippen molar-refractivity contribution in [2.24, 2.45) is 5.92 Å². The summed E-state index contributed by atoms with van der Waals surface area (Å²) >= 11 is 0. The van der Waals surface area contributed by atoms with Gasteiger partial charge in [0, 0.05) is 0 Å². The molecular formula is C16H26O4. The van der Waals surface area contributed by atoms with E-state index in [1.165, 1.54) is 0 Å². The SMILES string of the molecule is CCCCC[C@@]1(O)C(C)=C(C)C(=O)[C@H]1CC(=O)OCC. The van der Waals surface area contributed by atoms with Crippen molar-refractivity contribution in [2.75, 3.05) is 6.61 Å². The second-order valence-electron chi connectivity index (χ2n) is 5.56. The van der Waals surface area contributed by atoms with E-state index in [4.69, 9.17) is 4.74 Å². The molecule has 4 heteroatoms. The Bertz CT molecular complexity index is 411. The first kappa shape index (κ1) is 16.9. The molecule has 1 N–H and O–H groups in total.